The molecule has 0 bridgehead atoms. The van der Waals surface area contributed by atoms with Gasteiger partial charge in [0.1, 0.15) is 0 Å². The summed E-state index contributed by atoms with van der Waals surface area (Å²) >= 11 is 12.2. The number of carbonyl (C=O) groups excluding carboxylic acids is 1. The second-order valence-corrected chi connectivity index (χ2v) is 7.32. The quantitative estimate of drug-likeness (QED) is 0.819. The monoisotopic (exact) mass is 380 g/mol. The zero-order valence-corrected chi connectivity index (χ0v) is 16.2. The Bertz CT molecular complexity index is 795. The van der Waals surface area contributed by atoms with Gasteiger partial charge in [-0.05, 0) is 31.5 Å². The van der Waals surface area contributed by atoms with E-state index in [1.54, 1.807) is 10.7 Å². The molecular weight excluding hydrogens is 359 g/mol. The van der Waals surface area contributed by atoms with Crippen molar-refractivity contribution in [2.45, 2.75) is 20.4 Å². The van der Waals surface area contributed by atoms with Crippen LogP contribution in [0.1, 0.15) is 27.3 Å². The lowest BCUT2D eigenvalue weighted by Crippen LogP contribution is -2.48. The largest absolute Gasteiger partial charge is 0.336 e. The van der Waals surface area contributed by atoms with Crippen molar-refractivity contribution in [3.8, 4) is 0 Å². The summed E-state index contributed by atoms with van der Waals surface area (Å²) in [5, 5.41) is 5.68. The maximum absolute atomic E-state index is 12.8. The summed E-state index contributed by atoms with van der Waals surface area (Å²) in [6.07, 6.45) is 0. The average Bonchev–Trinajstić information content (AvgIpc) is 2.83. The van der Waals surface area contributed by atoms with Crippen molar-refractivity contribution in [1.29, 1.82) is 0 Å². The van der Waals surface area contributed by atoms with E-state index in [-0.39, 0.29) is 5.91 Å². The molecule has 1 aliphatic rings. The van der Waals surface area contributed by atoms with E-state index in [1.807, 2.05) is 37.9 Å². The van der Waals surface area contributed by atoms with E-state index in [4.69, 9.17) is 23.2 Å². The predicted molar refractivity (Wildman–Crippen MR) is 100 cm³/mol. The Balaban J connectivity index is 1.62. The smallest absolute Gasteiger partial charge is 0.257 e. The number of amides is 1. The molecule has 7 heteroatoms. The summed E-state index contributed by atoms with van der Waals surface area (Å²) in [7, 11) is 1.87. The lowest BCUT2D eigenvalue weighted by Gasteiger charge is -2.35. The maximum atomic E-state index is 12.8. The molecular formula is C18H22Cl2N4O. The lowest BCUT2D eigenvalue weighted by atomic mass is 10.1. The number of hydrogen-bond donors (Lipinski definition) is 0. The van der Waals surface area contributed by atoms with Gasteiger partial charge in [0.2, 0.25) is 0 Å². The van der Waals surface area contributed by atoms with E-state index in [1.165, 1.54) is 0 Å². The number of piperazine rings is 1. The van der Waals surface area contributed by atoms with Crippen LogP contribution < -0.4 is 0 Å². The number of aromatic nitrogens is 2. The van der Waals surface area contributed by atoms with E-state index in [9.17, 15) is 4.79 Å². The van der Waals surface area contributed by atoms with Crippen LogP contribution in [-0.4, -0.2) is 51.7 Å². The molecule has 0 atom stereocenters. The number of nitrogens with zero attached hydrogens (tertiary/aromatic N) is 4. The fourth-order valence-corrected chi connectivity index (χ4v) is 3.71. The highest BCUT2D eigenvalue weighted by atomic mass is 35.5. The molecule has 1 aromatic heterocycles. The molecule has 134 valence electrons. The molecule has 2 aromatic rings. The van der Waals surface area contributed by atoms with Crippen molar-refractivity contribution in [3.05, 3.63) is 50.8 Å². The van der Waals surface area contributed by atoms with E-state index in [0.29, 0.717) is 23.1 Å². The van der Waals surface area contributed by atoms with Gasteiger partial charge in [-0.15, -0.1) is 0 Å². The van der Waals surface area contributed by atoms with Crippen LogP contribution in [0, 0.1) is 13.8 Å². The van der Waals surface area contributed by atoms with E-state index >= 15 is 0 Å². The third kappa shape index (κ3) is 3.84. The van der Waals surface area contributed by atoms with Crippen LogP contribution in [0.3, 0.4) is 0 Å². The third-order valence-electron chi connectivity index (χ3n) is 4.79. The van der Waals surface area contributed by atoms with Gasteiger partial charge < -0.3 is 4.90 Å². The van der Waals surface area contributed by atoms with Crippen molar-refractivity contribution in [3.63, 3.8) is 0 Å². The first kappa shape index (κ1) is 18.2. The van der Waals surface area contributed by atoms with Gasteiger partial charge in [-0.1, -0.05) is 29.3 Å². The molecule has 0 unspecified atom stereocenters. The Kier molecular flexibility index (Phi) is 5.37. The molecule has 5 nitrogen and oxygen atoms in total. The molecule has 25 heavy (non-hydrogen) atoms. The molecule has 0 N–H and O–H groups in total. The van der Waals surface area contributed by atoms with Crippen LogP contribution in [0.25, 0.3) is 0 Å². The normalized spacial score (nSPS) is 15.6. The molecule has 1 aromatic carbocycles. The topological polar surface area (TPSA) is 41.4 Å². The summed E-state index contributed by atoms with van der Waals surface area (Å²) in [6, 6.07) is 5.59. The van der Waals surface area contributed by atoms with Gasteiger partial charge >= 0.3 is 0 Å². The number of aryl methyl sites for hydroxylation is 2. The second kappa shape index (κ2) is 7.36. The number of benzene rings is 1. The second-order valence-electron chi connectivity index (χ2n) is 6.47. The lowest BCUT2D eigenvalue weighted by molar-refractivity contribution is 0.0627. The van der Waals surface area contributed by atoms with Crippen molar-refractivity contribution in [2.24, 2.45) is 7.05 Å². The molecule has 0 saturated carbocycles. The minimum absolute atomic E-state index is 0.0762. The van der Waals surface area contributed by atoms with Crippen LogP contribution in [0.2, 0.25) is 10.0 Å². The first-order chi connectivity index (χ1) is 11.9. The minimum atomic E-state index is 0.0762. The number of halogens is 2. The summed E-state index contributed by atoms with van der Waals surface area (Å²) in [4.78, 5) is 17.1. The van der Waals surface area contributed by atoms with Crippen molar-refractivity contribution in [1.82, 2.24) is 19.6 Å². The zero-order valence-electron chi connectivity index (χ0n) is 14.7. The Hall–Kier alpha value is -1.56. The molecule has 1 amide bonds. The number of hydrogen-bond acceptors (Lipinski definition) is 3. The van der Waals surface area contributed by atoms with Crippen LogP contribution in [-0.2, 0) is 13.6 Å². The zero-order chi connectivity index (χ0) is 18.1. The van der Waals surface area contributed by atoms with Crippen molar-refractivity contribution >= 4 is 29.1 Å². The molecule has 2 heterocycles. The molecule has 1 fully saturated rings. The molecule has 1 saturated heterocycles. The highest BCUT2D eigenvalue weighted by Gasteiger charge is 2.26. The van der Waals surface area contributed by atoms with Gasteiger partial charge in [-0.3, -0.25) is 14.4 Å². The first-order valence-electron chi connectivity index (χ1n) is 8.32. The van der Waals surface area contributed by atoms with Crippen molar-refractivity contribution in [2.75, 3.05) is 26.2 Å². The van der Waals surface area contributed by atoms with Gasteiger partial charge in [0.15, 0.2) is 0 Å². The predicted octanol–water partition coefficient (Wildman–Crippen LogP) is 3.30. The van der Waals surface area contributed by atoms with Crippen LogP contribution in [0.5, 0.6) is 0 Å². The molecule has 0 radical (unpaired) electrons. The third-order valence-corrected chi connectivity index (χ3v) is 5.38. The first-order valence-corrected chi connectivity index (χ1v) is 9.08. The average molecular weight is 381 g/mol. The summed E-state index contributed by atoms with van der Waals surface area (Å²) in [5.41, 5.74) is 3.50. The Morgan fingerprint density at radius 2 is 1.84 bits per heavy atom. The Morgan fingerprint density at radius 1 is 1.16 bits per heavy atom. The Labute approximate surface area is 158 Å². The van der Waals surface area contributed by atoms with Crippen LogP contribution in [0.4, 0.5) is 0 Å². The minimum Gasteiger partial charge on any atom is -0.336 e. The van der Waals surface area contributed by atoms with E-state index in [2.05, 4.69) is 10.00 Å². The SMILES string of the molecule is Cc1nn(C)c(C)c1C(=O)N1CCN(Cc2ccc(Cl)cc2Cl)CC1. The fourth-order valence-electron chi connectivity index (χ4n) is 3.24. The van der Waals surface area contributed by atoms with Gasteiger partial charge in [0.05, 0.1) is 11.3 Å². The van der Waals surface area contributed by atoms with Crippen LogP contribution in [0.15, 0.2) is 18.2 Å². The molecule has 1 aliphatic heterocycles. The molecule has 0 spiro atoms. The van der Waals surface area contributed by atoms with Gasteiger partial charge in [0.25, 0.3) is 5.91 Å². The fraction of sp³-hybridized carbons (Fsp3) is 0.444. The molecule has 3 rings (SSSR count). The molecule has 0 aliphatic carbocycles. The Morgan fingerprint density at radius 3 is 2.40 bits per heavy atom. The highest BCUT2D eigenvalue weighted by molar-refractivity contribution is 6.35. The standard InChI is InChI=1S/C18H22Cl2N4O/c1-12-17(13(2)22(3)21-12)18(25)24-8-6-23(7-9-24)11-14-4-5-15(19)10-16(14)20/h4-5,10H,6-9,11H2,1-3H3. The number of carbonyl (C=O) groups is 1. The van der Waals surface area contributed by atoms with Crippen molar-refractivity contribution < 1.29 is 4.79 Å². The summed E-state index contributed by atoms with van der Waals surface area (Å²) in [6.45, 7) is 7.65. The summed E-state index contributed by atoms with van der Waals surface area (Å²) in [5.74, 6) is 0.0762. The summed E-state index contributed by atoms with van der Waals surface area (Å²) < 4.78 is 1.77. The van der Waals surface area contributed by atoms with Gasteiger partial charge in [-0.2, -0.15) is 5.10 Å². The van der Waals surface area contributed by atoms with E-state index < -0.39 is 0 Å². The van der Waals surface area contributed by atoms with Crippen LogP contribution >= 0.6 is 23.2 Å². The maximum Gasteiger partial charge on any atom is 0.257 e. The van der Waals surface area contributed by atoms with Gasteiger partial charge in [0, 0.05) is 55.5 Å². The highest BCUT2D eigenvalue weighted by Crippen LogP contribution is 2.23. The number of rotatable bonds is 3. The van der Waals surface area contributed by atoms with Gasteiger partial charge in [-0.25, -0.2) is 0 Å². The van der Waals surface area contributed by atoms with E-state index in [0.717, 1.165) is 42.1 Å².